The van der Waals surface area contributed by atoms with Crippen molar-refractivity contribution in [3.05, 3.63) is 0 Å². The van der Waals surface area contributed by atoms with Gasteiger partial charge in [-0.05, 0) is 26.5 Å². The molecule has 0 aliphatic heterocycles. The third-order valence-electron chi connectivity index (χ3n) is 1.38. The molecule has 0 heterocycles. The molecule has 0 spiro atoms. The summed E-state index contributed by atoms with van der Waals surface area (Å²) in [5.41, 5.74) is -0.522. The van der Waals surface area contributed by atoms with Crippen molar-refractivity contribution < 1.29 is 14.3 Å². The predicted octanol–water partition coefficient (Wildman–Crippen LogP) is 2.13. The van der Waals surface area contributed by atoms with E-state index in [0.717, 1.165) is 5.75 Å². The standard InChI is InChI=1S/C10H19NO3S/c1-6-15-8(12)7-11(5)9(13)14-10(2,3)4/h6-7H2,1-5H3. The fourth-order valence-corrected chi connectivity index (χ4v) is 1.41. The zero-order valence-electron chi connectivity index (χ0n) is 9.99. The molecule has 0 aromatic rings. The smallest absolute Gasteiger partial charge is 0.410 e. The highest BCUT2D eigenvalue weighted by Crippen LogP contribution is 2.10. The van der Waals surface area contributed by atoms with Crippen LogP contribution in [0.25, 0.3) is 0 Å². The van der Waals surface area contributed by atoms with Crippen LogP contribution in [0.1, 0.15) is 27.7 Å². The van der Waals surface area contributed by atoms with Gasteiger partial charge < -0.3 is 9.64 Å². The van der Waals surface area contributed by atoms with Crippen molar-refractivity contribution >= 4 is 23.0 Å². The van der Waals surface area contributed by atoms with E-state index in [2.05, 4.69) is 0 Å². The zero-order chi connectivity index (χ0) is 12.1. The number of carbonyl (C=O) groups is 2. The molecule has 0 aliphatic carbocycles. The van der Waals surface area contributed by atoms with Gasteiger partial charge in [0.2, 0.25) is 5.12 Å². The van der Waals surface area contributed by atoms with Crippen LogP contribution in [-0.2, 0) is 9.53 Å². The second kappa shape index (κ2) is 6.00. The minimum Gasteiger partial charge on any atom is -0.444 e. The van der Waals surface area contributed by atoms with Crippen molar-refractivity contribution in [2.75, 3.05) is 19.3 Å². The van der Waals surface area contributed by atoms with Crippen molar-refractivity contribution in [3.8, 4) is 0 Å². The third kappa shape index (κ3) is 7.25. The summed E-state index contributed by atoms with van der Waals surface area (Å²) in [6.07, 6.45) is -0.465. The Bertz CT molecular complexity index is 235. The van der Waals surface area contributed by atoms with Crippen molar-refractivity contribution in [2.45, 2.75) is 33.3 Å². The number of amides is 1. The van der Waals surface area contributed by atoms with Gasteiger partial charge in [0, 0.05) is 7.05 Å². The lowest BCUT2D eigenvalue weighted by atomic mass is 10.2. The van der Waals surface area contributed by atoms with E-state index in [4.69, 9.17) is 4.74 Å². The van der Waals surface area contributed by atoms with Gasteiger partial charge in [0.25, 0.3) is 0 Å². The Morgan fingerprint density at radius 1 is 1.33 bits per heavy atom. The monoisotopic (exact) mass is 233 g/mol. The van der Waals surface area contributed by atoms with Crippen LogP contribution in [-0.4, -0.2) is 41.1 Å². The lowest BCUT2D eigenvalue weighted by molar-refractivity contribution is -0.111. The number of rotatable bonds is 3. The summed E-state index contributed by atoms with van der Waals surface area (Å²) in [5.74, 6) is 0.723. The molecule has 0 aromatic carbocycles. The van der Waals surface area contributed by atoms with Gasteiger partial charge >= 0.3 is 6.09 Å². The summed E-state index contributed by atoms with van der Waals surface area (Å²) in [4.78, 5) is 24.0. The summed E-state index contributed by atoms with van der Waals surface area (Å²) in [6.45, 7) is 7.37. The van der Waals surface area contributed by atoms with E-state index in [1.54, 1.807) is 27.8 Å². The van der Waals surface area contributed by atoms with Crippen molar-refractivity contribution in [1.29, 1.82) is 0 Å². The zero-order valence-corrected chi connectivity index (χ0v) is 10.8. The van der Waals surface area contributed by atoms with E-state index in [1.165, 1.54) is 16.7 Å². The fraction of sp³-hybridized carbons (Fsp3) is 0.800. The number of carbonyl (C=O) groups excluding carboxylic acids is 2. The van der Waals surface area contributed by atoms with Gasteiger partial charge in [0.15, 0.2) is 0 Å². The van der Waals surface area contributed by atoms with Crippen LogP contribution in [0.15, 0.2) is 0 Å². The first-order chi connectivity index (χ1) is 6.76. The summed E-state index contributed by atoms with van der Waals surface area (Å²) >= 11 is 1.21. The van der Waals surface area contributed by atoms with Gasteiger partial charge in [-0.25, -0.2) is 4.79 Å². The molecule has 0 bridgehead atoms. The van der Waals surface area contributed by atoms with Crippen LogP contribution in [0.3, 0.4) is 0 Å². The summed E-state index contributed by atoms with van der Waals surface area (Å²) in [6, 6.07) is 0. The SMILES string of the molecule is CCSC(=O)CN(C)C(=O)OC(C)(C)C. The van der Waals surface area contributed by atoms with Gasteiger partial charge in [-0.2, -0.15) is 0 Å². The molecule has 0 aliphatic rings. The average Bonchev–Trinajstić information content (AvgIpc) is 2.00. The molecule has 5 heteroatoms. The number of likely N-dealkylation sites (N-methyl/N-ethyl adjacent to an activating group) is 1. The van der Waals surface area contributed by atoms with Crippen LogP contribution in [0.5, 0.6) is 0 Å². The van der Waals surface area contributed by atoms with Gasteiger partial charge in [0.05, 0.1) is 6.54 Å². The molecule has 88 valence electrons. The van der Waals surface area contributed by atoms with Crippen molar-refractivity contribution in [2.24, 2.45) is 0 Å². The van der Waals surface area contributed by atoms with Crippen molar-refractivity contribution in [3.63, 3.8) is 0 Å². The molecule has 0 unspecified atom stereocenters. The quantitative estimate of drug-likeness (QED) is 0.749. The third-order valence-corrected chi connectivity index (χ3v) is 2.12. The Labute approximate surface area is 95.3 Å². The minimum absolute atomic E-state index is 0.0224. The van der Waals surface area contributed by atoms with Crippen LogP contribution in [0.2, 0.25) is 0 Å². The van der Waals surface area contributed by atoms with Gasteiger partial charge in [-0.15, -0.1) is 0 Å². The Hall–Kier alpha value is -0.710. The lowest BCUT2D eigenvalue weighted by Gasteiger charge is -2.24. The van der Waals surface area contributed by atoms with Gasteiger partial charge in [-0.1, -0.05) is 18.7 Å². The Morgan fingerprint density at radius 3 is 2.27 bits per heavy atom. The second-order valence-electron chi connectivity index (χ2n) is 4.14. The molecule has 0 aromatic heterocycles. The molecular formula is C10H19NO3S. The Kier molecular flexibility index (Phi) is 5.72. The summed E-state index contributed by atoms with van der Waals surface area (Å²) in [7, 11) is 1.56. The summed E-state index contributed by atoms with van der Waals surface area (Å²) in [5, 5.41) is -0.0224. The Morgan fingerprint density at radius 2 is 1.87 bits per heavy atom. The van der Waals surface area contributed by atoms with Crippen LogP contribution in [0.4, 0.5) is 4.79 Å². The molecule has 0 fully saturated rings. The van der Waals surface area contributed by atoms with E-state index < -0.39 is 11.7 Å². The van der Waals surface area contributed by atoms with Crippen molar-refractivity contribution in [1.82, 2.24) is 4.90 Å². The van der Waals surface area contributed by atoms with E-state index in [-0.39, 0.29) is 11.7 Å². The van der Waals surface area contributed by atoms with Crippen LogP contribution < -0.4 is 0 Å². The highest BCUT2D eigenvalue weighted by molar-refractivity contribution is 8.13. The summed E-state index contributed by atoms with van der Waals surface area (Å²) < 4.78 is 5.10. The molecule has 0 N–H and O–H groups in total. The van der Waals surface area contributed by atoms with Gasteiger partial charge in [-0.3, -0.25) is 4.79 Å². The molecule has 0 saturated heterocycles. The van der Waals surface area contributed by atoms with E-state index in [0.29, 0.717) is 0 Å². The molecule has 0 saturated carbocycles. The first kappa shape index (κ1) is 14.3. The number of nitrogens with zero attached hydrogens (tertiary/aromatic N) is 1. The first-order valence-electron chi connectivity index (χ1n) is 4.86. The van der Waals surface area contributed by atoms with E-state index in [1.807, 2.05) is 6.92 Å². The number of hydrogen-bond donors (Lipinski definition) is 0. The molecule has 1 amide bonds. The fourth-order valence-electron chi connectivity index (χ4n) is 0.805. The molecule has 0 radical (unpaired) electrons. The molecule has 4 nitrogen and oxygen atoms in total. The molecule has 0 rings (SSSR count). The molecule has 0 atom stereocenters. The predicted molar refractivity (Wildman–Crippen MR) is 62.0 cm³/mol. The topological polar surface area (TPSA) is 46.6 Å². The second-order valence-corrected chi connectivity index (χ2v) is 5.46. The van der Waals surface area contributed by atoms with E-state index in [9.17, 15) is 9.59 Å². The minimum atomic E-state index is -0.522. The molecule has 15 heavy (non-hydrogen) atoms. The normalized spacial score (nSPS) is 11.0. The maximum absolute atomic E-state index is 11.4. The number of hydrogen-bond acceptors (Lipinski definition) is 4. The van der Waals surface area contributed by atoms with Crippen LogP contribution in [0, 0.1) is 0 Å². The highest BCUT2D eigenvalue weighted by atomic mass is 32.2. The number of ether oxygens (including phenoxy) is 1. The number of thioether (sulfide) groups is 1. The molecular weight excluding hydrogens is 214 g/mol. The van der Waals surface area contributed by atoms with Crippen LogP contribution >= 0.6 is 11.8 Å². The highest BCUT2D eigenvalue weighted by Gasteiger charge is 2.20. The van der Waals surface area contributed by atoms with E-state index >= 15 is 0 Å². The maximum Gasteiger partial charge on any atom is 0.410 e. The maximum atomic E-state index is 11.4. The first-order valence-corrected chi connectivity index (χ1v) is 5.84. The average molecular weight is 233 g/mol. The van der Waals surface area contributed by atoms with Gasteiger partial charge in [0.1, 0.15) is 5.60 Å². The Balaban J connectivity index is 4.05. The largest absolute Gasteiger partial charge is 0.444 e. The lowest BCUT2D eigenvalue weighted by Crippen LogP contribution is -2.36.